The molecule has 0 aliphatic carbocycles. The molecule has 0 rings (SSSR count). The minimum atomic E-state index is -1.83. The number of hydrogen-bond donors (Lipinski definition) is 2. The molecular formula is C5H14N2O2. The highest BCUT2D eigenvalue weighted by molar-refractivity contribution is 4.54. The van der Waals surface area contributed by atoms with Crippen molar-refractivity contribution in [3.05, 3.63) is 0 Å². The Balaban J connectivity index is 4.01. The summed E-state index contributed by atoms with van der Waals surface area (Å²) in [7, 11) is 6.33. The summed E-state index contributed by atoms with van der Waals surface area (Å²) in [5, 5.41) is 18.2. The number of hydrogen-bond acceptors (Lipinski definition) is 4. The van der Waals surface area contributed by atoms with Gasteiger partial charge in [0, 0.05) is 0 Å². The summed E-state index contributed by atoms with van der Waals surface area (Å²) < 4.78 is 0. The Morgan fingerprint density at radius 2 is 1.11 bits per heavy atom. The van der Waals surface area contributed by atoms with Crippen molar-refractivity contribution in [2.75, 3.05) is 28.2 Å². The molecular weight excluding hydrogens is 120 g/mol. The minimum absolute atomic E-state index is 1.30. The van der Waals surface area contributed by atoms with Gasteiger partial charge >= 0.3 is 0 Å². The van der Waals surface area contributed by atoms with Gasteiger partial charge in [0.2, 0.25) is 0 Å². The van der Waals surface area contributed by atoms with Gasteiger partial charge in [0.25, 0.3) is 6.03 Å². The van der Waals surface area contributed by atoms with Crippen LogP contribution in [0.3, 0.4) is 0 Å². The van der Waals surface area contributed by atoms with E-state index >= 15 is 0 Å². The van der Waals surface area contributed by atoms with Gasteiger partial charge in [-0.05, 0) is 28.2 Å². The summed E-state index contributed by atoms with van der Waals surface area (Å²) in [6, 6.07) is -1.83. The van der Waals surface area contributed by atoms with Crippen molar-refractivity contribution in [3.63, 3.8) is 0 Å². The number of nitrogens with zero attached hydrogens (tertiary/aromatic N) is 2. The molecule has 2 N–H and O–H groups in total. The largest absolute Gasteiger partial charge is 0.340 e. The number of rotatable bonds is 2. The normalized spacial score (nSPS) is 13.3. The molecule has 0 heterocycles. The first-order chi connectivity index (χ1) is 3.89. The van der Waals surface area contributed by atoms with E-state index in [9.17, 15) is 0 Å². The van der Waals surface area contributed by atoms with E-state index in [-0.39, 0.29) is 0 Å². The van der Waals surface area contributed by atoms with E-state index in [4.69, 9.17) is 10.2 Å². The highest BCUT2D eigenvalue weighted by atomic mass is 16.6. The summed E-state index contributed by atoms with van der Waals surface area (Å²) >= 11 is 0. The molecule has 0 fully saturated rings. The van der Waals surface area contributed by atoms with E-state index in [1.807, 2.05) is 0 Å². The molecule has 0 spiro atoms. The lowest BCUT2D eigenvalue weighted by Gasteiger charge is -2.33. The summed E-state index contributed by atoms with van der Waals surface area (Å²) in [4.78, 5) is 2.60. The summed E-state index contributed by atoms with van der Waals surface area (Å²) in [6.07, 6.45) is 0. The first-order valence-corrected chi connectivity index (χ1v) is 2.68. The van der Waals surface area contributed by atoms with Crippen LogP contribution in [0.2, 0.25) is 0 Å². The van der Waals surface area contributed by atoms with Crippen LogP contribution in [0, 0.1) is 0 Å². The Morgan fingerprint density at radius 3 is 1.11 bits per heavy atom. The van der Waals surface area contributed by atoms with E-state index in [1.165, 1.54) is 9.80 Å². The third-order valence-electron chi connectivity index (χ3n) is 1.20. The van der Waals surface area contributed by atoms with E-state index in [2.05, 4.69) is 0 Å². The molecule has 0 aromatic carbocycles. The average Bonchev–Trinajstić information content (AvgIpc) is 1.65. The molecule has 0 amide bonds. The van der Waals surface area contributed by atoms with Crippen molar-refractivity contribution in [3.8, 4) is 0 Å². The molecule has 0 atom stereocenters. The van der Waals surface area contributed by atoms with E-state index in [0.717, 1.165) is 0 Å². The molecule has 4 nitrogen and oxygen atoms in total. The fraction of sp³-hybridized carbons (Fsp3) is 1.00. The molecule has 0 bridgehead atoms. The van der Waals surface area contributed by atoms with Gasteiger partial charge in [-0.2, -0.15) is 0 Å². The molecule has 9 heavy (non-hydrogen) atoms. The molecule has 0 saturated carbocycles. The Morgan fingerprint density at radius 1 is 0.889 bits per heavy atom. The third-order valence-corrected chi connectivity index (χ3v) is 1.20. The molecule has 0 aliphatic rings. The SMILES string of the molecule is CN(C)C(O)(O)N(C)C. The van der Waals surface area contributed by atoms with Crippen molar-refractivity contribution in [1.82, 2.24) is 9.80 Å². The van der Waals surface area contributed by atoms with Gasteiger partial charge in [0.05, 0.1) is 0 Å². The van der Waals surface area contributed by atoms with Gasteiger partial charge in [0.1, 0.15) is 0 Å². The van der Waals surface area contributed by atoms with Crippen LogP contribution in [-0.4, -0.2) is 54.2 Å². The maximum atomic E-state index is 9.08. The maximum Gasteiger partial charge on any atom is 0.290 e. The second-order valence-corrected chi connectivity index (χ2v) is 2.39. The standard InChI is InChI=1S/C5H14N2O2/c1-6(2)5(8,9)7(3)4/h8-9H,1-4H3. The van der Waals surface area contributed by atoms with Crippen LogP contribution in [0.4, 0.5) is 0 Å². The topological polar surface area (TPSA) is 46.9 Å². The van der Waals surface area contributed by atoms with Gasteiger partial charge in [-0.1, -0.05) is 0 Å². The van der Waals surface area contributed by atoms with Crippen LogP contribution in [0.5, 0.6) is 0 Å². The van der Waals surface area contributed by atoms with Crippen molar-refractivity contribution in [2.45, 2.75) is 6.03 Å². The van der Waals surface area contributed by atoms with Crippen LogP contribution < -0.4 is 0 Å². The second kappa shape index (κ2) is 2.62. The molecule has 4 heteroatoms. The van der Waals surface area contributed by atoms with Crippen LogP contribution in [-0.2, 0) is 0 Å². The highest BCUT2D eigenvalue weighted by Crippen LogP contribution is 2.04. The van der Waals surface area contributed by atoms with Crippen molar-refractivity contribution in [1.29, 1.82) is 0 Å². The minimum Gasteiger partial charge on any atom is -0.340 e. The van der Waals surface area contributed by atoms with Gasteiger partial charge in [0.15, 0.2) is 0 Å². The Bertz CT molecular complexity index is 81.0. The zero-order valence-electron chi connectivity index (χ0n) is 6.29. The first kappa shape index (κ1) is 8.84. The molecule has 0 aromatic heterocycles. The van der Waals surface area contributed by atoms with E-state index in [0.29, 0.717) is 0 Å². The molecule has 0 radical (unpaired) electrons. The summed E-state index contributed by atoms with van der Waals surface area (Å²) in [5.41, 5.74) is 0. The Hall–Kier alpha value is -0.160. The highest BCUT2D eigenvalue weighted by Gasteiger charge is 2.28. The van der Waals surface area contributed by atoms with Crippen molar-refractivity contribution >= 4 is 0 Å². The van der Waals surface area contributed by atoms with Gasteiger partial charge < -0.3 is 10.2 Å². The molecule has 56 valence electrons. The van der Waals surface area contributed by atoms with E-state index in [1.54, 1.807) is 28.2 Å². The maximum absolute atomic E-state index is 9.08. The quantitative estimate of drug-likeness (QED) is 0.461. The summed E-state index contributed by atoms with van der Waals surface area (Å²) in [5.74, 6) is 0. The Labute approximate surface area is 55.3 Å². The third kappa shape index (κ3) is 1.91. The molecule has 0 unspecified atom stereocenters. The lowest BCUT2D eigenvalue weighted by Crippen LogP contribution is -2.55. The molecule has 0 aromatic rings. The fourth-order valence-corrected chi connectivity index (χ4v) is 0.400. The zero-order chi connectivity index (χ0) is 7.65. The van der Waals surface area contributed by atoms with Crippen LogP contribution in [0.15, 0.2) is 0 Å². The van der Waals surface area contributed by atoms with E-state index < -0.39 is 6.03 Å². The van der Waals surface area contributed by atoms with Crippen molar-refractivity contribution < 1.29 is 10.2 Å². The zero-order valence-corrected chi connectivity index (χ0v) is 6.29. The Kier molecular flexibility index (Phi) is 2.57. The van der Waals surface area contributed by atoms with Gasteiger partial charge in [-0.15, -0.1) is 0 Å². The monoisotopic (exact) mass is 134 g/mol. The lowest BCUT2D eigenvalue weighted by molar-refractivity contribution is -0.325. The van der Waals surface area contributed by atoms with Crippen LogP contribution in [0.1, 0.15) is 0 Å². The molecule has 0 aliphatic heterocycles. The van der Waals surface area contributed by atoms with Gasteiger partial charge in [-0.3, -0.25) is 0 Å². The van der Waals surface area contributed by atoms with Crippen molar-refractivity contribution in [2.24, 2.45) is 0 Å². The van der Waals surface area contributed by atoms with Crippen LogP contribution in [0.25, 0.3) is 0 Å². The van der Waals surface area contributed by atoms with Gasteiger partial charge in [-0.25, -0.2) is 9.80 Å². The predicted molar refractivity (Wildman–Crippen MR) is 34.5 cm³/mol. The average molecular weight is 134 g/mol. The smallest absolute Gasteiger partial charge is 0.290 e. The lowest BCUT2D eigenvalue weighted by atomic mass is 10.6. The summed E-state index contributed by atoms with van der Waals surface area (Å²) in [6.45, 7) is 0. The molecule has 0 saturated heterocycles. The second-order valence-electron chi connectivity index (χ2n) is 2.39. The fourth-order valence-electron chi connectivity index (χ4n) is 0.400. The number of aliphatic hydroxyl groups is 2. The predicted octanol–water partition coefficient (Wildman–Crippen LogP) is -1.29. The first-order valence-electron chi connectivity index (χ1n) is 2.68. The van der Waals surface area contributed by atoms with Crippen LogP contribution >= 0.6 is 0 Å².